The average molecular weight is 324 g/mol. The van der Waals surface area contributed by atoms with Crippen LogP contribution in [0.2, 0.25) is 0 Å². The maximum Gasteiger partial charge on any atom is 0.339 e. The van der Waals surface area contributed by atoms with E-state index >= 15 is 0 Å². The molecule has 0 aromatic heterocycles. The van der Waals surface area contributed by atoms with E-state index in [4.69, 9.17) is 9.47 Å². The molecular weight excluding hydrogens is 308 g/mol. The van der Waals surface area contributed by atoms with Crippen LogP contribution in [0.15, 0.2) is 48.5 Å². The van der Waals surface area contributed by atoms with Gasteiger partial charge < -0.3 is 9.47 Å². The summed E-state index contributed by atoms with van der Waals surface area (Å²) in [6.45, 7) is 2.03. The summed E-state index contributed by atoms with van der Waals surface area (Å²) in [7, 11) is 0. The van der Waals surface area contributed by atoms with E-state index in [2.05, 4.69) is 0 Å². The van der Waals surface area contributed by atoms with E-state index in [9.17, 15) is 14.4 Å². The lowest BCUT2D eigenvalue weighted by molar-refractivity contribution is 0.0366. The van der Waals surface area contributed by atoms with Gasteiger partial charge in [0, 0.05) is 11.1 Å². The molecule has 1 unspecified atom stereocenters. The summed E-state index contributed by atoms with van der Waals surface area (Å²) in [4.78, 5) is 35.8. The highest BCUT2D eigenvalue weighted by atomic mass is 16.5. The second-order valence-electron chi connectivity index (χ2n) is 5.41. The minimum atomic E-state index is -0.564. The third-order valence-corrected chi connectivity index (χ3v) is 3.87. The van der Waals surface area contributed by atoms with Crippen molar-refractivity contribution in [1.29, 1.82) is 0 Å². The summed E-state index contributed by atoms with van der Waals surface area (Å²) >= 11 is 0. The van der Waals surface area contributed by atoms with E-state index in [1.807, 2.05) is 6.07 Å². The molecule has 0 saturated carbocycles. The molecular formula is C19H16O5. The van der Waals surface area contributed by atoms with Crippen molar-refractivity contribution in [2.75, 3.05) is 6.61 Å². The maximum atomic E-state index is 12.4. The quantitative estimate of drug-likeness (QED) is 0.623. The van der Waals surface area contributed by atoms with Crippen LogP contribution in [0, 0.1) is 0 Å². The first-order valence-electron chi connectivity index (χ1n) is 7.70. The van der Waals surface area contributed by atoms with Crippen molar-refractivity contribution in [3.63, 3.8) is 0 Å². The first-order valence-corrected chi connectivity index (χ1v) is 7.70. The highest BCUT2D eigenvalue weighted by Crippen LogP contribution is 2.33. The minimum Gasteiger partial charge on any atom is -0.462 e. The monoisotopic (exact) mass is 324 g/mol. The summed E-state index contributed by atoms with van der Waals surface area (Å²) in [5, 5.41) is 0. The Hall–Kier alpha value is -2.95. The number of hydrogen-bond donors (Lipinski definition) is 0. The van der Waals surface area contributed by atoms with Crippen LogP contribution in [0.3, 0.4) is 0 Å². The van der Waals surface area contributed by atoms with Gasteiger partial charge in [-0.2, -0.15) is 0 Å². The van der Waals surface area contributed by atoms with Gasteiger partial charge in [-0.25, -0.2) is 9.59 Å². The van der Waals surface area contributed by atoms with E-state index in [1.54, 1.807) is 49.4 Å². The van der Waals surface area contributed by atoms with Gasteiger partial charge in [-0.15, -0.1) is 0 Å². The lowest BCUT2D eigenvalue weighted by Crippen LogP contribution is -2.09. The minimum absolute atomic E-state index is 0.0709. The molecule has 0 bridgehead atoms. The zero-order valence-corrected chi connectivity index (χ0v) is 13.2. The van der Waals surface area contributed by atoms with E-state index in [1.165, 1.54) is 0 Å². The van der Waals surface area contributed by atoms with Crippen molar-refractivity contribution in [2.24, 2.45) is 0 Å². The summed E-state index contributed by atoms with van der Waals surface area (Å²) in [5.41, 5.74) is 2.10. The zero-order chi connectivity index (χ0) is 17.1. The third kappa shape index (κ3) is 3.06. The van der Waals surface area contributed by atoms with E-state index in [-0.39, 0.29) is 12.2 Å². The topological polar surface area (TPSA) is 69.7 Å². The maximum absolute atomic E-state index is 12.4. The van der Waals surface area contributed by atoms with E-state index in [0.29, 0.717) is 23.3 Å². The molecule has 1 atom stereocenters. The predicted molar refractivity (Wildman–Crippen MR) is 85.9 cm³/mol. The van der Waals surface area contributed by atoms with Crippen molar-refractivity contribution in [2.45, 2.75) is 19.4 Å². The Morgan fingerprint density at radius 3 is 2.42 bits per heavy atom. The van der Waals surface area contributed by atoms with Crippen LogP contribution in [-0.4, -0.2) is 24.3 Å². The number of carbonyl (C=O) groups is 3. The second-order valence-corrected chi connectivity index (χ2v) is 5.41. The molecule has 0 N–H and O–H groups in total. The normalized spacial score (nSPS) is 15.5. The van der Waals surface area contributed by atoms with Gasteiger partial charge in [-0.05, 0) is 25.1 Å². The molecule has 1 aliphatic heterocycles. The number of Topliss-reactive ketones (excluding diaryl/α,β-unsaturated/α-hetero) is 1. The Bertz CT molecular complexity index is 792. The molecule has 2 aromatic rings. The highest BCUT2D eigenvalue weighted by Gasteiger charge is 2.32. The van der Waals surface area contributed by atoms with Crippen molar-refractivity contribution in [3.05, 3.63) is 70.8 Å². The Morgan fingerprint density at radius 1 is 1.04 bits per heavy atom. The number of ketones is 1. The molecule has 1 heterocycles. The van der Waals surface area contributed by atoms with Gasteiger partial charge in [0.25, 0.3) is 0 Å². The SMILES string of the molecule is CCOC(=O)c1ccc(C(=O)CC2OC(=O)c3ccccc32)cc1. The Morgan fingerprint density at radius 2 is 1.71 bits per heavy atom. The predicted octanol–water partition coefficient (Wildman–Crippen LogP) is 3.35. The lowest BCUT2D eigenvalue weighted by Gasteiger charge is -2.10. The van der Waals surface area contributed by atoms with Gasteiger partial charge in [-0.3, -0.25) is 4.79 Å². The summed E-state index contributed by atoms with van der Waals surface area (Å²) in [6.07, 6.45) is -0.493. The van der Waals surface area contributed by atoms with E-state index < -0.39 is 18.0 Å². The number of esters is 2. The summed E-state index contributed by atoms with van der Waals surface area (Å²) in [6, 6.07) is 13.3. The number of cyclic esters (lactones) is 1. The molecule has 3 rings (SSSR count). The molecule has 0 amide bonds. The van der Waals surface area contributed by atoms with Crippen molar-refractivity contribution >= 4 is 17.7 Å². The summed E-state index contributed by atoms with van der Waals surface area (Å²) < 4.78 is 10.2. The molecule has 0 saturated heterocycles. The van der Waals surface area contributed by atoms with Crippen molar-refractivity contribution < 1.29 is 23.9 Å². The number of carbonyl (C=O) groups excluding carboxylic acids is 3. The fourth-order valence-electron chi connectivity index (χ4n) is 2.66. The largest absolute Gasteiger partial charge is 0.462 e. The third-order valence-electron chi connectivity index (χ3n) is 3.87. The van der Waals surface area contributed by atoms with Gasteiger partial charge in [0.15, 0.2) is 5.78 Å². The zero-order valence-electron chi connectivity index (χ0n) is 13.2. The van der Waals surface area contributed by atoms with Gasteiger partial charge in [0.2, 0.25) is 0 Å². The van der Waals surface area contributed by atoms with Crippen molar-refractivity contribution in [1.82, 2.24) is 0 Å². The first-order chi connectivity index (χ1) is 11.6. The smallest absolute Gasteiger partial charge is 0.339 e. The Balaban J connectivity index is 1.72. The number of ether oxygens (including phenoxy) is 2. The molecule has 0 spiro atoms. The number of rotatable bonds is 5. The molecule has 0 radical (unpaired) electrons. The molecule has 5 nitrogen and oxygen atoms in total. The number of hydrogen-bond acceptors (Lipinski definition) is 5. The average Bonchev–Trinajstić information content (AvgIpc) is 2.91. The number of fused-ring (bicyclic) bond motifs is 1. The molecule has 24 heavy (non-hydrogen) atoms. The Kier molecular flexibility index (Phi) is 4.42. The van der Waals surface area contributed by atoms with Crippen molar-refractivity contribution in [3.8, 4) is 0 Å². The molecule has 5 heteroatoms. The highest BCUT2D eigenvalue weighted by molar-refractivity contribution is 5.99. The first kappa shape index (κ1) is 15.9. The van der Waals surface area contributed by atoms with Crippen LogP contribution in [0.5, 0.6) is 0 Å². The van der Waals surface area contributed by atoms with Crippen LogP contribution in [0.1, 0.15) is 56.1 Å². The van der Waals surface area contributed by atoms with Crippen LogP contribution in [0.25, 0.3) is 0 Å². The van der Waals surface area contributed by atoms with Gasteiger partial charge in [0.1, 0.15) is 6.10 Å². The molecule has 2 aromatic carbocycles. The Labute approximate surface area is 139 Å². The molecule has 1 aliphatic rings. The molecule has 0 aliphatic carbocycles. The lowest BCUT2D eigenvalue weighted by atomic mass is 9.98. The van der Waals surface area contributed by atoms with Gasteiger partial charge in [0.05, 0.1) is 24.2 Å². The van der Waals surface area contributed by atoms with Gasteiger partial charge >= 0.3 is 11.9 Å². The van der Waals surface area contributed by atoms with Gasteiger partial charge in [-0.1, -0.05) is 30.3 Å². The van der Waals surface area contributed by atoms with Crippen LogP contribution in [0.4, 0.5) is 0 Å². The molecule has 122 valence electrons. The fourth-order valence-corrected chi connectivity index (χ4v) is 2.66. The van der Waals surface area contributed by atoms with Crippen LogP contribution < -0.4 is 0 Å². The fraction of sp³-hybridized carbons (Fsp3) is 0.211. The van der Waals surface area contributed by atoms with Crippen LogP contribution in [-0.2, 0) is 9.47 Å². The van der Waals surface area contributed by atoms with Crippen LogP contribution >= 0.6 is 0 Å². The van der Waals surface area contributed by atoms with E-state index in [0.717, 1.165) is 5.56 Å². The molecule has 0 fully saturated rings. The number of benzene rings is 2. The second kappa shape index (κ2) is 6.66. The summed E-state index contributed by atoms with van der Waals surface area (Å²) in [5.74, 6) is -0.976. The standard InChI is InChI=1S/C19H16O5/c1-2-23-18(21)13-9-7-12(8-10-13)16(20)11-17-14-5-3-4-6-15(14)19(22)24-17/h3-10,17H,2,11H2,1H3.